The lowest BCUT2D eigenvalue weighted by Gasteiger charge is -2.17. The van der Waals surface area contributed by atoms with Crippen LogP contribution in [0.3, 0.4) is 0 Å². The van der Waals surface area contributed by atoms with E-state index in [1.807, 2.05) is 30.3 Å². The third kappa shape index (κ3) is 7.09. The lowest BCUT2D eigenvalue weighted by atomic mass is 10.0. The van der Waals surface area contributed by atoms with Crippen LogP contribution in [0.15, 0.2) is 84.9 Å². The van der Waals surface area contributed by atoms with E-state index in [0.717, 1.165) is 17.7 Å². The van der Waals surface area contributed by atoms with Crippen LogP contribution in [0.25, 0.3) is 10.8 Å². The van der Waals surface area contributed by atoms with Crippen LogP contribution in [0.4, 0.5) is 17.6 Å². The Labute approximate surface area is 216 Å². The van der Waals surface area contributed by atoms with Crippen molar-refractivity contribution in [2.24, 2.45) is 0 Å². The number of hydrogen-bond donors (Lipinski definition) is 1. The minimum Gasteiger partial charge on any atom is -0.487 e. The maximum absolute atomic E-state index is 13.8. The number of nitrogens with one attached hydrogen (secondary N) is 1. The highest BCUT2D eigenvalue weighted by molar-refractivity contribution is 6.04. The number of ether oxygens (including phenoxy) is 2. The Balaban J connectivity index is 1.54. The minimum atomic E-state index is -4.81. The first kappa shape index (κ1) is 26.7. The lowest BCUT2D eigenvalue weighted by molar-refractivity contribution is -0.274. The summed E-state index contributed by atoms with van der Waals surface area (Å²) in [5.41, 5.74) is 1.67. The zero-order chi connectivity index (χ0) is 27.1. The molecule has 0 fully saturated rings. The standard InChI is InChI=1S/C29H23F4NO4/c30-22-10-15-25-21(16-22)9-14-26(28(36)34-23(17-35)11-6-19-4-2-1-3-5-19)27(25)37-18-20-7-12-24(13-8-20)38-29(31,32)33/h1-5,7-10,12-17,23H,6,11,18H2,(H,34,36). The van der Waals surface area contributed by atoms with Gasteiger partial charge in [0.2, 0.25) is 0 Å². The van der Waals surface area contributed by atoms with Crippen LogP contribution in [0.5, 0.6) is 11.5 Å². The Kier molecular flexibility index (Phi) is 8.25. The van der Waals surface area contributed by atoms with Gasteiger partial charge in [0.1, 0.15) is 30.2 Å². The molecule has 5 nitrogen and oxygen atoms in total. The molecule has 38 heavy (non-hydrogen) atoms. The Morgan fingerprint density at radius 2 is 1.66 bits per heavy atom. The molecule has 0 saturated heterocycles. The summed E-state index contributed by atoms with van der Waals surface area (Å²) in [5, 5.41) is 3.66. The fourth-order valence-electron chi connectivity index (χ4n) is 3.94. The summed E-state index contributed by atoms with van der Waals surface area (Å²) < 4.78 is 60.9. The Hall–Kier alpha value is -4.40. The van der Waals surface area contributed by atoms with E-state index >= 15 is 0 Å². The van der Waals surface area contributed by atoms with Gasteiger partial charge >= 0.3 is 6.36 Å². The van der Waals surface area contributed by atoms with E-state index < -0.39 is 24.1 Å². The number of alkyl halides is 3. The quantitative estimate of drug-likeness (QED) is 0.193. The van der Waals surface area contributed by atoms with Gasteiger partial charge in [0, 0.05) is 5.39 Å². The second kappa shape index (κ2) is 11.8. The molecule has 0 bridgehead atoms. The van der Waals surface area contributed by atoms with E-state index in [0.29, 0.717) is 35.5 Å². The van der Waals surface area contributed by atoms with Crippen molar-refractivity contribution in [2.75, 3.05) is 0 Å². The number of carbonyl (C=O) groups is 2. The molecule has 1 N–H and O–H groups in total. The fourth-order valence-corrected chi connectivity index (χ4v) is 3.94. The summed E-state index contributed by atoms with van der Waals surface area (Å²) in [6.45, 7) is -0.0891. The van der Waals surface area contributed by atoms with Gasteiger partial charge in [-0.1, -0.05) is 48.5 Å². The molecule has 1 amide bonds. The van der Waals surface area contributed by atoms with Crippen LogP contribution < -0.4 is 14.8 Å². The van der Waals surface area contributed by atoms with E-state index in [2.05, 4.69) is 10.1 Å². The molecule has 4 aromatic rings. The van der Waals surface area contributed by atoms with Crippen molar-refractivity contribution >= 4 is 23.0 Å². The number of amides is 1. The number of aldehydes is 1. The largest absolute Gasteiger partial charge is 0.573 e. The molecule has 0 aliphatic carbocycles. The van der Waals surface area contributed by atoms with E-state index in [1.54, 1.807) is 6.07 Å². The molecule has 0 aliphatic rings. The summed E-state index contributed by atoms with van der Waals surface area (Å²) >= 11 is 0. The lowest BCUT2D eigenvalue weighted by Crippen LogP contribution is -2.36. The molecule has 9 heteroatoms. The first-order valence-corrected chi connectivity index (χ1v) is 11.7. The van der Waals surface area contributed by atoms with Gasteiger partial charge < -0.3 is 19.6 Å². The Bertz CT molecular complexity index is 1410. The summed E-state index contributed by atoms with van der Waals surface area (Å²) in [4.78, 5) is 24.9. The summed E-state index contributed by atoms with van der Waals surface area (Å²) in [6, 6.07) is 20.9. The van der Waals surface area contributed by atoms with Crippen LogP contribution in [0.1, 0.15) is 27.9 Å². The van der Waals surface area contributed by atoms with Crippen LogP contribution in [0.2, 0.25) is 0 Å². The molecule has 0 spiro atoms. The molecule has 1 unspecified atom stereocenters. The van der Waals surface area contributed by atoms with E-state index in [-0.39, 0.29) is 23.7 Å². The monoisotopic (exact) mass is 525 g/mol. The van der Waals surface area contributed by atoms with Gasteiger partial charge in [0.15, 0.2) is 0 Å². The Morgan fingerprint density at radius 3 is 2.34 bits per heavy atom. The van der Waals surface area contributed by atoms with Crippen molar-refractivity contribution in [3.63, 3.8) is 0 Å². The second-order valence-corrected chi connectivity index (χ2v) is 8.53. The van der Waals surface area contributed by atoms with Gasteiger partial charge in [-0.3, -0.25) is 4.79 Å². The average molecular weight is 525 g/mol. The molecule has 0 saturated carbocycles. The maximum atomic E-state index is 13.8. The molecular weight excluding hydrogens is 502 g/mol. The zero-order valence-electron chi connectivity index (χ0n) is 20.0. The molecule has 0 heterocycles. The van der Waals surface area contributed by atoms with Gasteiger partial charge in [-0.15, -0.1) is 13.2 Å². The fraction of sp³-hybridized carbons (Fsp3) is 0.172. The molecule has 0 aliphatic heterocycles. The third-order valence-electron chi connectivity index (χ3n) is 5.78. The minimum absolute atomic E-state index is 0.0891. The van der Waals surface area contributed by atoms with Crippen LogP contribution >= 0.6 is 0 Å². The van der Waals surface area contributed by atoms with Crippen molar-refractivity contribution in [3.05, 3.63) is 107 Å². The van der Waals surface area contributed by atoms with Crippen LogP contribution in [-0.4, -0.2) is 24.6 Å². The van der Waals surface area contributed by atoms with Gasteiger partial charge in [0.25, 0.3) is 5.91 Å². The SMILES string of the molecule is O=CC(CCc1ccccc1)NC(=O)c1ccc2cc(F)ccc2c1OCc1ccc(OC(F)(F)F)cc1. The summed E-state index contributed by atoms with van der Waals surface area (Å²) in [6.07, 6.45) is -3.17. The molecule has 0 radical (unpaired) electrons. The number of benzene rings is 4. The van der Waals surface area contributed by atoms with E-state index in [1.165, 1.54) is 36.4 Å². The molecule has 196 valence electrons. The van der Waals surface area contributed by atoms with Crippen LogP contribution in [-0.2, 0) is 17.8 Å². The topological polar surface area (TPSA) is 64.6 Å². The third-order valence-corrected chi connectivity index (χ3v) is 5.78. The normalized spacial score (nSPS) is 12.1. The number of hydrogen-bond acceptors (Lipinski definition) is 4. The molecular formula is C29H23F4NO4. The van der Waals surface area contributed by atoms with E-state index in [4.69, 9.17) is 4.74 Å². The molecule has 4 rings (SSSR count). The first-order chi connectivity index (χ1) is 18.2. The van der Waals surface area contributed by atoms with Crippen molar-refractivity contribution in [2.45, 2.75) is 31.9 Å². The zero-order valence-corrected chi connectivity index (χ0v) is 20.0. The van der Waals surface area contributed by atoms with Gasteiger partial charge in [-0.2, -0.15) is 0 Å². The van der Waals surface area contributed by atoms with Gasteiger partial charge in [0.05, 0.1) is 11.6 Å². The van der Waals surface area contributed by atoms with Crippen molar-refractivity contribution in [1.82, 2.24) is 5.32 Å². The number of carbonyl (C=O) groups excluding carboxylic acids is 2. The first-order valence-electron chi connectivity index (χ1n) is 11.7. The molecule has 1 atom stereocenters. The highest BCUT2D eigenvalue weighted by Crippen LogP contribution is 2.32. The van der Waals surface area contributed by atoms with Crippen molar-refractivity contribution in [1.29, 1.82) is 0 Å². The predicted molar refractivity (Wildman–Crippen MR) is 133 cm³/mol. The van der Waals surface area contributed by atoms with Gasteiger partial charge in [-0.05, 0) is 65.8 Å². The van der Waals surface area contributed by atoms with Crippen molar-refractivity contribution in [3.8, 4) is 11.5 Å². The summed E-state index contributed by atoms with van der Waals surface area (Å²) in [5.74, 6) is -1.24. The number of halogens is 4. The number of fused-ring (bicyclic) bond motifs is 1. The number of aryl methyl sites for hydroxylation is 1. The predicted octanol–water partition coefficient (Wildman–Crippen LogP) is 6.39. The second-order valence-electron chi connectivity index (χ2n) is 8.53. The maximum Gasteiger partial charge on any atom is 0.573 e. The van der Waals surface area contributed by atoms with Crippen LogP contribution in [0, 0.1) is 5.82 Å². The van der Waals surface area contributed by atoms with E-state index in [9.17, 15) is 27.2 Å². The smallest absolute Gasteiger partial charge is 0.487 e. The highest BCUT2D eigenvalue weighted by Gasteiger charge is 2.31. The number of rotatable bonds is 10. The molecule has 4 aromatic carbocycles. The highest BCUT2D eigenvalue weighted by atomic mass is 19.4. The van der Waals surface area contributed by atoms with Gasteiger partial charge in [-0.25, -0.2) is 4.39 Å². The average Bonchev–Trinajstić information content (AvgIpc) is 2.89. The van der Waals surface area contributed by atoms with Crippen molar-refractivity contribution < 1.29 is 36.6 Å². The molecule has 0 aromatic heterocycles. The summed E-state index contributed by atoms with van der Waals surface area (Å²) in [7, 11) is 0. The Morgan fingerprint density at radius 1 is 0.921 bits per heavy atom.